The predicted molar refractivity (Wildman–Crippen MR) is 61.4 cm³/mol. The van der Waals surface area contributed by atoms with Gasteiger partial charge in [0.15, 0.2) is 0 Å². The van der Waals surface area contributed by atoms with Gasteiger partial charge in [-0.3, -0.25) is 0 Å². The highest BCUT2D eigenvalue weighted by Crippen LogP contribution is 2.44. The SMILES string of the molecule is O=C(O)[C@@H]1Nc2ccc(F)cc2[C@H]2C=CC[C@@H]21. The second-order valence-electron chi connectivity index (χ2n) is 4.55. The fourth-order valence-corrected chi connectivity index (χ4v) is 2.81. The van der Waals surface area contributed by atoms with E-state index < -0.39 is 12.0 Å². The third kappa shape index (κ3) is 1.52. The molecule has 0 aromatic heterocycles. The molecule has 0 spiro atoms. The number of aliphatic carboxylic acids is 1. The van der Waals surface area contributed by atoms with Crippen molar-refractivity contribution >= 4 is 11.7 Å². The molecule has 1 heterocycles. The quantitative estimate of drug-likeness (QED) is 0.732. The Bertz CT molecular complexity index is 512. The van der Waals surface area contributed by atoms with Gasteiger partial charge in [0.25, 0.3) is 0 Å². The average molecular weight is 233 g/mol. The highest BCUT2D eigenvalue weighted by atomic mass is 19.1. The van der Waals surface area contributed by atoms with Crippen molar-refractivity contribution in [3.63, 3.8) is 0 Å². The Labute approximate surface area is 98.0 Å². The molecule has 0 saturated heterocycles. The third-order valence-electron chi connectivity index (χ3n) is 3.59. The van der Waals surface area contributed by atoms with Crippen molar-refractivity contribution < 1.29 is 14.3 Å². The zero-order valence-electron chi connectivity index (χ0n) is 9.06. The second kappa shape index (κ2) is 3.58. The van der Waals surface area contributed by atoms with Gasteiger partial charge >= 0.3 is 5.97 Å². The van der Waals surface area contributed by atoms with Gasteiger partial charge in [0.05, 0.1) is 0 Å². The summed E-state index contributed by atoms with van der Waals surface area (Å²) in [6.45, 7) is 0. The van der Waals surface area contributed by atoms with Gasteiger partial charge in [0.2, 0.25) is 0 Å². The number of hydrogen-bond acceptors (Lipinski definition) is 2. The van der Waals surface area contributed by atoms with Gasteiger partial charge in [-0.25, -0.2) is 9.18 Å². The van der Waals surface area contributed by atoms with E-state index in [1.54, 1.807) is 6.07 Å². The number of halogens is 1. The van der Waals surface area contributed by atoms with Crippen LogP contribution in [0.5, 0.6) is 0 Å². The van der Waals surface area contributed by atoms with Crippen molar-refractivity contribution in [3.8, 4) is 0 Å². The van der Waals surface area contributed by atoms with Crippen LogP contribution in [-0.2, 0) is 4.79 Å². The van der Waals surface area contributed by atoms with E-state index in [0.29, 0.717) is 0 Å². The van der Waals surface area contributed by atoms with Gasteiger partial charge in [-0.05, 0) is 30.2 Å². The molecule has 3 rings (SSSR count). The minimum Gasteiger partial charge on any atom is -0.480 e. The maximum absolute atomic E-state index is 13.2. The molecule has 3 nitrogen and oxygen atoms in total. The van der Waals surface area contributed by atoms with Crippen molar-refractivity contribution in [1.82, 2.24) is 0 Å². The monoisotopic (exact) mass is 233 g/mol. The maximum Gasteiger partial charge on any atom is 0.326 e. The molecule has 0 fully saturated rings. The molecule has 2 aliphatic rings. The first-order valence-electron chi connectivity index (χ1n) is 5.62. The normalized spacial score (nSPS) is 29.4. The number of benzene rings is 1. The lowest BCUT2D eigenvalue weighted by Crippen LogP contribution is -2.41. The Kier molecular flexibility index (Phi) is 2.18. The van der Waals surface area contributed by atoms with Gasteiger partial charge < -0.3 is 10.4 Å². The van der Waals surface area contributed by atoms with E-state index in [1.165, 1.54) is 12.1 Å². The van der Waals surface area contributed by atoms with E-state index in [2.05, 4.69) is 5.32 Å². The van der Waals surface area contributed by atoms with Crippen LogP contribution in [0.2, 0.25) is 0 Å². The molecule has 0 saturated carbocycles. The van der Waals surface area contributed by atoms with Gasteiger partial charge in [-0.15, -0.1) is 0 Å². The summed E-state index contributed by atoms with van der Waals surface area (Å²) in [6.07, 6.45) is 4.69. The summed E-state index contributed by atoms with van der Waals surface area (Å²) in [7, 11) is 0. The molecule has 88 valence electrons. The number of rotatable bonds is 1. The van der Waals surface area contributed by atoms with Crippen molar-refractivity contribution in [2.75, 3.05) is 5.32 Å². The summed E-state index contributed by atoms with van der Waals surface area (Å²) >= 11 is 0. The Hall–Kier alpha value is -1.84. The van der Waals surface area contributed by atoms with Gasteiger partial charge in [-0.2, -0.15) is 0 Å². The van der Waals surface area contributed by atoms with Crippen molar-refractivity contribution in [3.05, 3.63) is 41.7 Å². The first kappa shape index (κ1) is 10.3. The largest absolute Gasteiger partial charge is 0.480 e. The predicted octanol–water partition coefficient (Wildman–Crippen LogP) is 2.36. The topological polar surface area (TPSA) is 49.3 Å². The lowest BCUT2D eigenvalue weighted by molar-refractivity contribution is -0.139. The second-order valence-corrected chi connectivity index (χ2v) is 4.55. The first-order chi connectivity index (χ1) is 8.16. The standard InChI is InChI=1S/C13H12FNO2/c14-7-4-5-11-10(6-7)8-2-1-3-9(8)12(15-11)13(16)17/h1-2,4-6,8-9,12,15H,3H2,(H,16,17)/t8-,9-,12+/m0/s1. The van der Waals surface area contributed by atoms with Crippen molar-refractivity contribution in [1.29, 1.82) is 0 Å². The molecule has 0 bridgehead atoms. The van der Waals surface area contributed by atoms with E-state index in [9.17, 15) is 14.3 Å². The highest BCUT2D eigenvalue weighted by molar-refractivity contribution is 5.80. The lowest BCUT2D eigenvalue weighted by Gasteiger charge is -2.34. The molecule has 17 heavy (non-hydrogen) atoms. The van der Waals surface area contributed by atoms with Crippen LogP contribution in [0.1, 0.15) is 17.9 Å². The summed E-state index contributed by atoms with van der Waals surface area (Å²) in [5, 5.41) is 12.2. The molecule has 1 aromatic rings. The van der Waals surface area contributed by atoms with Crippen LogP contribution in [0.25, 0.3) is 0 Å². The Morgan fingerprint density at radius 1 is 1.47 bits per heavy atom. The van der Waals surface area contributed by atoms with Crippen LogP contribution in [0.4, 0.5) is 10.1 Å². The molecule has 4 heteroatoms. The number of nitrogens with one attached hydrogen (secondary N) is 1. The number of carboxylic acids is 1. The number of fused-ring (bicyclic) bond motifs is 3. The molecule has 0 amide bonds. The molecule has 0 unspecified atom stereocenters. The number of hydrogen-bond donors (Lipinski definition) is 2. The number of allylic oxidation sites excluding steroid dienone is 2. The molecule has 0 radical (unpaired) electrons. The van der Waals surface area contributed by atoms with Crippen LogP contribution in [-0.4, -0.2) is 17.1 Å². The van der Waals surface area contributed by atoms with E-state index in [-0.39, 0.29) is 17.7 Å². The minimum atomic E-state index is -0.848. The van der Waals surface area contributed by atoms with E-state index in [1.807, 2.05) is 12.2 Å². The van der Waals surface area contributed by atoms with E-state index >= 15 is 0 Å². The minimum absolute atomic E-state index is 0.0122. The summed E-state index contributed by atoms with van der Waals surface area (Å²) in [6, 6.07) is 3.87. The van der Waals surface area contributed by atoms with Gasteiger partial charge in [0.1, 0.15) is 11.9 Å². The summed E-state index contributed by atoms with van der Waals surface area (Å²) in [5.41, 5.74) is 1.59. The van der Waals surface area contributed by atoms with Crippen LogP contribution in [0.15, 0.2) is 30.4 Å². The van der Waals surface area contributed by atoms with Crippen LogP contribution >= 0.6 is 0 Å². The Balaban J connectivity index is 2.09. The number of carbonyl (C=O) groups is 1. The van der Waals surface area contributed by atoms with Crippen molar-refractivity contribution in [2.45, 2.75) is 18.4 Å². The van der Waals surface area contributed by atoms with E-state index in [4.69, 9.17) is 0 Å². The zero-order chi connectivity index (χ0) is 12.0. The molecule has 1 aromatic carbocycles. The molecular weight excluding hydrogens is 221 g/mol. The lowest BCUT2D eigenvalue weighted by atomic mass is 9.79. The Morgan fingerprint density at radius 2 is 2.29 bits per heavy atom. The maximum atomic E-state index is 13.2. The van der Waals surface area contributed by atoms with Gasteiger partial charge in [-0.1, -0.05) is 12.2 Å². The third-order valence-corrected chi connectivity index (χ3v) is 3.59. The van der Waals surface area contributed by atoms with Crippen LogP contribution in [0.3, 0.4) is 0 Å². The fraction of sp³-hybridized carbons (Fsp3) is 0.308. The average Bonchev–Trinajstić information content (AvgIpc) is 2.76. The van der Waals surface area contributed by atoms with Crippen LogP contribution < -0.4 is 5.32 Å². The number of anilines is 1. The molecule has 3 atom stereocenters. The van der Waals surface area contributed by atoms with Crippen LogP contribution in [0, 0.1) is 11.7 Å². The molecule has 1 aliphatic heterocycles. The van der Waals surface area contributed by atoms with Gasteiger partial charge in [0, 0.05) is 17.5 Å². The highest BCUT2D eigenvalue weighted by Gasteiger charge is 2.40. The fourth-order valence-electron chi connectivity index (χ4n) is 2.81. The number of carboxylic acid groups (broad SMARTS) is 1. The summed E-state index contributed by atoms with van der Waals surface area (Å²) in [5.74, 6) is -1.12. The summed E-state index contributed by atoms with van der Waals surface area (Å²) in [4.78, 5) is 11.2. The molecular formula is C13H12FNO2. The summed E-state index contributed by atoms with van der Waals surface area (Å²) < 4.78 is 13.2. The smallest absolute Gasteiger partial charge is 0.326 e. The molecule has 1 aliphatic carbocycles. The zero-order valence-corrected chi connectivity index (χ0v) is 9.06. The molecule has 2 N–H and O–H groups in total. The first-order valence-corrected chi connectivity index (χ1v) is 5.62. The van der Waals surface area contributed by atoms with Crippen molar-refractivity contribution in [2.24, 2.45) is 5.92 Å². The Morgan fingerprint density at radius 3 is 3.06 bits per heavy atom. The van der Waals surface area contributed by atoms with E-state index in [0.717, 1.165) is 17.7 Å².